The van der Waals surface area contributed by atoms with Gasteiger partial charge >= 0.3 is 11.9 Å². The monoisotopic (exact) mass is 653 g/mol. The second-order valence-electron chi connectivity index (χ2n) is 11.5. The zero-order valence-corrected chi connectivity index (χ0v) is 25.9. The molecule has 3 heterocycles. The van der Waals surface area contributed by atoms with Crippen LogP contribution in [0.25, 0.3) is 6.08 Å². The highest BCUT2D eigenvalue weighted by Crippen LogP contribution is 2.49. The van der Waals surface area contributed by atoms with Crippen LogP contribution < -0.4 is 4.74 Å². The molecule has 2 atom stereocenters. The van der Waals surface area contributed by atoms with E-state index in [2.05, 4.69) is 4.98 Å². The number of carbonyl (C=O) groups excluding carboxylic acids is 3. The summed E-state index contributed by atoms with van der Waals surface area (Å²) in [5, 5.41) is 9.44. The quantitative estimate of drug-likeness (QED) is 0.0652. The van der Waals surface area contributed by atoms with Crippen LogP contribution in [-0.4, -0.2) is 57.2 Å². The highest BCUT2D eigenvalue weighted by Gasteiger charge is 2.70. The summed E-state index contributed by atoms with van der Waals surface area (Å²) in [5.41, 5.74) is 1.40. The van der Waals surface area contributed by atoms with Crippen molar-refractivity contribution in [1.29, 1.82) is 0 Å². The molecule has 0 aliphatic carbocycles. The van der Waals surface area contributed by atoms with Crippen molar-refractivity contribution in [2.24, 2.45) is 0 Å². The summed E-state index contributed by atoms with van der Waals surface area (Å²) in [6.45, 7) is 2.81. The van der Waals surface area contributed by atoms with Crippen molar-refractivity contribution < 1.29 is 37.2 Å². The lowest BCUT2D eigenvalue weighted by Gasteiger charge is -2.38. The van der Waals surface area contributed by atoms with Gasteiger partial charge in [-0.1, -0.05) is 60.7 Å². The van der Waals surface area contributed by atoms with E-state index < -0.39 is 54.9 Å². The molecule has 0 radical (unpaired) electrons. The predicted molar refractivity (Wildman–Crippen MR) is 169 cm³/mol. The van der Waals surface area contributed by atoms with Gasteiger partial charge in [0.25, 0.3) is 11.6 Å². The molecule has 1 amide bonds. The van der Waals surface area contributed by atoms with Crippen molar-refractivity contribution in [3.63, 3.8) is 0 Å². The number of nitrogens with zero attached hydrogens (tertiary/aromatic N) is 3. The number of aromatic nitrogens is 1. The maximum Gasteiger partial charge on any atom is 0.345 e. The average molecular weight is 654 g/mol. The summed E-state index contributed by atoms with van der Waals surface area (Å²) in [6, 6.07) is 24.4. The maximum absolute atomic E-state index is 13.8. The second kappa shape index (κ2) is 11.9. The van der Waals surface area contributed by atoms with Gasteiger partial charge in [0.05, 0.1) is 21.8 Å². The van der Waals surface area contributed by atoms with Gasteiger partial charge in [-0.3, -0.25) is 19.9 Å². The van der Waals surface area contributed by atoms with Gasteiger partial charge in [0, 0.05) is 18.3 Å². The van der Waals surface area contributed by atoms with Crippen molar-refractivity contribution in [2.75, 3.05) is 0 Å². The number of benzene rings is 3. The largest absolute Gasteiger partial charge is 0.451 e. The number of esters is 2. The van der Waals surface area contributed by atoms with E-state index in [1.54, 1.807) is 48.5 Å². The number of fused-ring (bicyclic) bond motifs is 1. The summed E-state index contributed by atoms with van der Waals surface area (Å²) in [6.07, 6.45) is 1.68. The molecule has 1 aromatic heterocycles. The zero-order valence-electron chi connectivity index (χ0n) is 25.0. The fraction of sp³-hybridized carbons (Fsp3) is 0.176. The molecule has 0 bridgehead atoms. The number of rotatable bonds is 8. The lowest BCUT2D eigenvalue weighted by molar-refractivity contribution is -0.384. The van der Waals surface area contributed by atoms with Gasteiger partial charge in [0.2, 0.25) is 0 Å². The van der Waals surface area contributed by atoms with Crippen LogP contribution in [-0.2, 0) is 24.2 Å². The number of hydrogen-bond acceptors (Lipinski definition) is 10. The maximum atomic E-state index is 13.8. The van der Waals surface area contributed by atoms with Crippen LogP contribution in [0.2, 0.25) is 0 Å². The van der Waals surface area contributed by atoms with Crippen molar-refractivity contribution in [3.8, 4) is 5.75 Å². The van der Waals surface area contributed by atoms with Gasteiger partial charge in [-0.15, -0.1) is 0 Å². The number of nitro groups is 1. The molecule has 2 aliphatic heterocycles. The summed E-state index contributed by atoms with van der Waals surface area (Å²) in [4.78, 5) is 55.3. The number of sulfone groups is 1. The number of carbonyl (C=O) groups is 3. The predicted octanol–water partition coefficient (Wildman–Crippen LogP) is 4.67. The third-order valence-corrected chi connectivity index (χ3v) is 11.0. The van der Waals surface area contributed by atoms with Crippen LogP contribution in [0.1, 0.15) is 47.1 Å². The third kappa shape index (κ3) is 5.54. The lowest BCUT2D eigenvalue weighted by Crippen LogP contribution is -2.59. The van der Waals surface area contributed by atoms with Crippen LogP contribution in [0.3, 0.4) is 0 Å². The van der Waals surface area contributed by atoms with Gasteiger partial charge in [-0.2, -0.15) is 0 Å². The van der Waals surface area contributed by atoms with E-state index in [9.17, 15) is 32.9 Å². The van der Waals surface area contributed by atoms with E-state index in [-0.39, 0.29) is 28.3 Å². The van der Waals surface area contributed by atoms with Crippen LogP contribution in [0.5, 0.6) is 5.75 Å². The number of pyridine rings is 1. The van der Waals surface area contributed by atoms with Gasteiger partial charge < -0.3 is 14.4 Å². The first-order valence-corrected chi connectivity index (χ1v) is 16.0. The van der Waals surface area contributed by atoms with Gasteiger partial charge in [-0.25, -0.2) is 18.0 Å². The summed E-state index contributed by atoms with van der Waals surface area (Å²) in [7, 11) is -4.10. The van der Waals surface area contributed by atoms with Crippen LogP contribution in [0.4, 0.5) is 5.69 Å². The summed E-state index contributed by atoms with van der Waals surface area (Å²) in [5.74, 6) is -2.18. The average Bonchev–Trinajstić information content (AvgIpc) is 3.22. The Balaban J connectivity index is 1.22. The van der Waals surface area contributed by atoms with E-state index in [1.165, 1.54) is 62.5 Å². The number of β-lactam (4-membered cyclic amide) rings is 1. The molecule has 0 saturated carbocycles. The number of amides is 1. The molecular weight excluding hydrogens is 626 g/mol. The Morgan fingerprint density at radius 2 is 1.53 bits per heavy atom. The van der Waals surface area contributed by atoms with E-state index in [4.69, 9.17) is 9.47 Å². The molecule has 0 N–H and O–H groups in total. The van der Waals surface area contributed by atoms with Crippen LogP contribution in [0, 0.1) is 10.1 Å². The number of hydrogen-bond donors (Lipinski definition) is 0. The molecule has 6 rings (SSSR count). The topological polar surface area (TPSA) is 163 Å². The normalized spacial score (nSPS) is 19.9. The Morgan fingerprint density at radius 3 is 2.06 bits per heavy atom. The molecule has 0 unspecified atom stereocenters. The summed E-state index contributed by atoms with van der Waals surface area (Å²) < 4.78 is 37.1. The molecule has 12 nitrogen and oxygen atoms in total. The number of nitro benzene ring substituents is 1. The zero-order chi connectivity index (χ0) is 33.5. The Hall–Kier alpha value is -5.69. The molecule has 13 heteroatoms. The minimum atomic E-state index is -4.10. The van der Waals surface area contributed by atoms with Crippen LogP contribution >= 0.6 is 0 Å². The van der Waals surface area contributed by atoms with Crippen LogP contribution in [0.15, 0.2) is 109 Å². The first kappa shape index (κ1) is 31.3. The smallest absolute Gasteiger partial charge is 0.345 e. The number of ether oxygens (including phenoxy) is 2. The van der Waals surface area contributed by atoms with E-state index in [0.717, 1.165) is 4.90 Å². The molecule has 238 valence electrons. The lowest BCUT2D eigenvalue weighted by atomic mass is 9.94. The SMILES string of the molecule is CC1(C)[C@H](C(=O)OC(c2ccccc2)c2ccccc2)N2C(=O)/C(=C/c3ccc(C(=O)Oc4ccc([N+](=O)[O-])cc4)cn3)[C@H]2S1(=O)=O. The van der Waals surface area contributed by atoms with Gasteiger partial charge in [0.15, 0.2) is 27.4 Å². The molecule has 3 aromatic carbocycles. The molecule has 0 spiro atoms. The Labute approximate surface area is 269 Å². The Kier molecular flexibility index (Phi) is 7.93. The Bertz CT molecular complexity index is 1970. The fourth-order valence-corrected chi connectivity index (χ4v) is 7.78. The molecule has 2 aliphatic rings. The minimum absolute atomic E-state index is 0.0517. The van der Waals surface area contributed by atoms with Crippen molar-refractivity contribution in [2.45, 2.75) is 36.1 Å². The second-order valence-corrected chi connectivity index (χ2v) is 14.1. The highest BCUT2D eigenvalue weighted by molar-refractivity contribution is 7.94. The molecule has 2 saturated heterocycles. The Morgan fingerprint density at radius 1 is 0.936 bits per heavy atom. The third-order valence-electron chi connectivity index (χ3n) is 8.21. The standard InChI is InChI=1S/C34H27N3O9S/c1-34(2)29(33(40)46-28(21-9-5-3-6-10-21)22-11-7-4-8-12-22)36-30(38)27(31(36)47(34,43)44)19-24-14-13-23(20-35-24)32(39)45-26-17-15-25(16-18-26)37(41)42/h3-20,28-29,31H,1-2H3/b27-19-/t29-,31+/m0/s1. The highest BCUT2D eigenvalue weighted by atomic mass is 32.2. The molecule has 4 aromatic rings. The molecule has 47 heavy (non-hydrogen) atoms. The first-order chi connectivity index (χ1) is 22.4. The minimum Gasteiger partial charge on any atom is -0.451 e. The van der Waals surface area contributed by atoms with Gasteiger partial charge in [0.1, 0.15) is 10.5 Å². The summed E-state index contributed by atoms with van der Waals surface area (Å²) >= 11 is 0. The van der Waals surface area contributed by atoms with E-state index in [1.807, 2.05) is 12.1 Å². The van der Waals surface area contributed by atoms with Crippen molar-refractivity contribution in [3.05, 3.63) is 141 Å². The molecule has 2 fully saturated rings. The van der Waals surface area contributed by atoms with Crippen molar-refractivity contribution >= 4 is 39.4 Å². The fourth-order valence-electron chi connectivity index (χ4n) is 5.66. The van der Waals surface area contributed by atoms with Crippen molar-refractivity contribution in [1.82, 2.24) is 9.88 Å². The first-order valence-electron chi connectivity index (χ1n) is 14.4. The van der Waals surface area contributed by atoms with Gasteiger partial charge in [-0.05, 0) is 55.3 Å². The molecular formula is C34H27N3O9S. The van der Waals surface area contributed by atoms with E-state index in [0.29, 0.717) is 11.1 Å². The van der Waals surface area contributed by atoms with E-state index >= 15 is 0 Å². The number of non-ortho nitro benzene ring substituents is 1.